The predicted octanol–water partition coefficient (Wildman–Crippen LogP) is 3.65. The number of rotatable bonds is 8. The van der Waals surface area contributed by atoms with Gasteiger partial charge in [-0.1, -0.05) is 30.3 Å². The number of aryl methyl sites for hydroxylation is 1. The van der Waals surface area contributed by atoms with Crippen LogP contribution in [-0.2, 0) is 13.1 Å². The minimum atomic E-state index is 0.108. The van der Waals surface area contributed by atoms with E-state index in [1.54, 1.807) is 0 Å². The molecular weight excluding hydrogens is 326 g/mol. The Morgan fingerprint density at radius 1 is 1.15 bits per heavy atom. The lowest BCUT2D eigenvalue weighted by atomic mass is 10.0. The molecule has 3 rings (SSSR count). The smallest absolute Gasteiger partial charge is 0.124 e. The zero-order valence-electron chi connectivity index (χ0n) is 15.7. The van der Waals surface area contributed by atoms with Crippen LogP contribution in [0.3, 0.4) is 0 Å². The van der Waals surface area contributed by atoms with Crippen molar-refractivity contribution >= 4 is 10.8 Å². The van der Waals surface area contributed by atoms with E-state index in [0.717, 1.165) is 22.8 Å². The lowest BCUT2D eigenvalue weighted by Gasteiger charge is -2.24. The number of aliphatic hydroxyl groups is 1. The van der Waals surface area contributed by atoms with Crippen LogP contribution in [0.1, 0.15) is 30.9 Å². The fourth-order valence-corrected chi connectivity index (χ4v) is 3.22. The third kappa shape index (κ3) is 4.42. The normalized spacial score (nSPS) is 11.6. The number of aliphatic hydroxyl groups excluding tert-OH is 1. The highest BCUT2D eigenvalue weighted by molar-refractivity contribution is 5.87. The molecule has 0 aliphatic carbocycles. The van der Waals surface area contributed by atoms with E-state index in [1.807, 2.05) is 33.0 Å². The summed E-state index contributed by atoms with van der Waals surface area (Å²) in [5.74, 6) is 1.81. The molecule has 0 saturated heterocycles. The van der Waals surface area contributed by atoms with Crippen molar-refractivity contribution in [2.75, 3.05) is 13.2 Å². The topological polar surface area (TPSA) is 61.4 Å². The summed E-state index contributed by atoms with van der Waals surface area (Å²) in [6, 6.07) is 12.5. The molecule has 0 amide bonds. The Bertz CT molecular complexity index is 857. The van der Waals surface area contributed by atoms with E-state index < -0.39 is 0 Å². The second kappa shape index (κ2) is 8.34. The van der Waals surface area contributed by atoms with Gasteiger partial charge in [0.25, 0.3) is 0 Å². The standard InChI is InChI=1S/C21H27N3O2/c1-15(2)26-21-9-8-17-6-4-5-7-19(17)20(21)14-24(10-11-25)13-18-12-22-16(3)23-18/h4-9,12,15,25H,10-11,13-14H2,1-3H3,(H,22,23). The number of aromatic amines is 1. The Morgan fingerprint density at radius 3 is 2.65 bits per heavy atom. The summed E-state index contributed by atoms with van der Waals surface area (Å²) in [7, 11) is 0. The maximum Gasteiger partial charge on any atom is 0.124 e. The van der Waals surface area contributed by atoms with Crippen molar-refractivity contribution in [2.24, 2.45) is 0 Å². The lowest BCUT2D eigenvalue weighted by Crippen LogP contribution is -2.27. The van der Waals surface area contributed by atoms with Crippen LogP contribution in [0.5, 0.6) is 5.75 Å². The molecule has 5 heteroatoms. The first-order chi connectivity index (χ1) is 12.6. The molecule has 0 unspecified atom stereocenters. The number of aromatic nitrogens is 2. The predicted molar refractivity (Wildman–Crippen MR) is 104 cm³/mol. The van der Waals surface area contributed by atoms with Gasteiger partial charge in [0.15, 0.2) is 0 Å². The number of H-pyrrole nitrogens is 1. The van der Waals surface area contributed by atoms with Crippen molar-refractivity contribution in [1.82, 2.24) is 14.9 Å². The van der Waals surface area contributed by atoms with Gasteiger partial charge in [0.05, 0.1) is 12.7 Å². The van der Waals surface area contributed by atoms with Gasteiger partial charge < -0.3 is 14.8 Å². The maximum atomic E-state index is 9.53. The van der Waals surface area contributed by atoms with Gasteiger partial charge in [0, 0.05) is 37.1 Å². The first kappa shape index (κ1) is 18.4. The van der Waals surface area contributed by atoms with Crippen molar-refractivity contribution in [3.8, 4) is 5.75 Å². The largest absolute Gasteiger partial charge is 0.491 e. The summed E-state index contributed by atoms with van der Waals surface area (Å²) in [6.07, 6.45) is 1.96. The number of nitrogens with one attached hydrogen (secondary N) is 1. The molecule has 0 aliphatic heterocycles. The molecule has 1 aromatic heterocycles. The monoisotopic (exact) mass is 353 g/mol. The summed E-state index contributed by atoms with van der Waals surface area (Å²) < 4.78 is 6.08. The molecule has 0 bridgehead atoms. The summed E-state index contributed by atoms with van der Waals surface area (Å²) in [5.41, 5.74) is 2.20. The van der Waals surface area contributed by atoms with Crippen LogP contribution in [0, 0.1) is 6.92 Å². The molecule has 26 heavy (non-hydrogen) atoms. The Morgan fingerprint density at radius 2 is 1.96 bits per heavy atom. The molecule has 0 spiro atoms. The molecule has 0 aliphatic rings. The Balaban J connectivity index is 1.94. The van der Waals surface area contributed by atoms with Crippen molar-refractivity contribution in [3.05, 3.63) is 59.7 Å². The van der Waals surface area contributed by atoms with Crippen LogP contribution >= 0.6 is 0 Å². The molecule has 138 valence electrons. The van der Waals surface area contributed by atoms with Gasteiger partial charge in [-0.3, -0.25) is 4.90 Å². The fourth-order valence-electron chi connectivity index (χ4n) is 3.22. The molecule has 5 nitrogen and oxygen atoms in total. The molecule has 0 radical (unpaired) electrons. The van der Waals surface area contributed by atoms with Crippen LogP contribution < -0.4 is 4.74 Å². The molecule has 3 aromatic rings. The van der Waals surface area contributed by atoms with Crippen molar-refractivity contribution < 1.29 is 9.84 Å². The summed E-state index contributed by atoms with van der Waals surface area (Å²) in [6.45, 7) is 8.11. The van der Waals surface area contributed by atoms with Gasteiger partial charge >= 0.3 is 0 Å². The van der Waals surface area contributed by atoms with Crippen LogP contribution in [0.2, 0.25) is 0 Å². The highest BCUT2D eigenvalue weighted by atomic mass is 16.5. The van der Waals surface area contributed by atoms with Gasteiger partial charge in [0.2, 0.25) is 0 Å². The summed E-state index contributed by atoms with van der Waals surface area (Å²) in [4.78, 5) is 9.75. The van der Waals surface area contributed by atoms with Crippen LogP contribution in [0.4, 0.5) is 0 Å². The van der Waals surface area contributed by atoms with Crippen molar-refractivity contribution in [2.45, 2.75) is 40.0 Å². The SMILES string of the molecule is Cc1ncc(CN(CCO)Cc2c(OC(C)C)ccc3ccccc23)[nH]1. The molecule has 0 saturated carbocycles. The van der Waals surface area contributed by atoms with E-state index >= 15 is 0 Å². The Hall–Kier alpha value is -2.37. The number of fused-ring (bicyclic) bond motifs is 1. The molecule has 2 N–H and O–H groups in total. The third-order valence-corrected chi connectivity index (χ3v) is 4.31. The zero-order valence-corrected chi connectivity index (χ0v) is 15.7. The average Bonchev–Trinajstić information content (AvgIpc) is 3.01. The van der Waals surface area contributed by atoms with E-state index in [-0.39, 0.29) is 12.7 Å². The highest BCUT2D eigenvalue weighted by Gasteiger charge is 2.15. The Kier molecular flexibility index (Phi) is 5.91. The van der Waals surface area contributed by atoms with Gasteiger partial charge in [-0.05, 0) is 37.6 Å². The summed E-state index contributed by atoms with van der Waals surface area (Å²) >= 11 is 0. The highest BCUT2D eigenvalue weighted by Crippen LogP contribution is 2.30. The van der Waals surface area contributed by atoms with Gasteiger partial charge in [0.1, 0.15) is 11.6 Å². The molecule has 0 fully saturated rings. The van der Waals surface area contributed by atoms with Crippen molar-refractivity contribution in [3.63, 3.8) is 0 Å². The lowest BCUT2D eigenvalue weighted by molar-refractivity contribution is 0.178. The van der Waals surface area contributed by atoms with E-state index in [4.69, 9.17) is 4.74 Å². The number of nitrogens with zero attached hydrogens (tertiary/aromatic N) is 2. The van der Waals surface area contributed by atoms with E-state index in [1.165, 1.54) is 10.8 Å². The molecule has 2 aromatic carbocycles. The molecular formula is C21H27N3O2. The minimum absolute atomic E-state index is 0.108. The number of hydrogen-bond acceptors (Lipinski definition) is 4. The van der Waals surface area contributed by atoms with Crippen LogP contribution in [0.25, 0.3) is 10.8 Å². The molecule has 0 atom stereocenters. The third-order valence-electron chi connectivity index (χ3n) is 4.31. The fraction of sp³-hybridized carbons (Fsp3) is 0.381. The van der Waals surface area contributed by atoms with Crippen LogP contribution in [-0.4, -0.2) is 39.2 Å². The first-order valence-corrected chi connectivity index (χ1v) is 9.08. The minimum Gasteiger partial charge on any atom is -0.491 e. The van der Waals surface area contributed by atoms with Gasteiger partial charge in [-0.2, -0.15) is 0 Å². The van der Waals surface area contributed by atoms with E-state index in [2.05, 4.69) is 45.2 Å². The number of benzene rings is 2. The maximum absolute atomic E-state index is 9.53. The number of hydrogen-bond donors (Lipinski definition) is 2. The van der Waals surface area contributed by atoms with Gasteiger partial charge in [-0.25, -0.2) is 4.98 Å². The van der Waals surface area contributed by atoms with E-state index in [0.29, 0.717) is 19.6 Å². The second-order valence-corrected chi connectivity index (χ2v) is 6.86. The Labute approximate surface area is 154 Å². The first-order valence-electron chi connectivity index (χ1n) is 9.08. The van der Waals surface area contributed by atoms with Crippen LogP contribution in [0.15, 0.2) is 42.6 Å². The zero-order chi connectivity index (χ0) is 18.5. The molecule has 1 heterocycles. The van der Waals surface area contributed by atoms with E-state index in [9.17, 15) is 5.11 Å². The quantitative estimate of drug-likeness (QED) is 0.649. The van der Waals surface area contributed by atoms with Crippen molar-refractivity contribution in [1.29, 1.82) is 0 Å². The summed E-state index contributed by atoms with van der Waals surface area (Å²) in [5, 5.41) is 11.9. The number of ether oxygens (including phenoxy) is 1. The van der Waals surface area contributed by atoms with Gasteiger partial charge in [-0.15, -0.1) is 0 Å². The second-order valence-electron chi connectivity index (χ2n) is 6.86. The average molecular weight is 353 g/mol. The number of imidazole rings is 1.